The maximum absolute atomic E-state index is 5.20. The van der Waals surface area contributed by atoms with E-state index in [-0.39, 0.29) is 0 Å². The van der Waals surface area contributed by atoms with Crippen LogP contribution in [0.3, 0.4) is 0 Å². The minimum Gasteiger partial charge on any atom is -0.495 e. The molecule has 3 nitrogen and oxygen atoms in total. The Morgan fingerprint density at radius 1 is 1.41 bits per heavy atom. The largest absolute Gasteiger partial charge is 0.495 e. The van der Waals surface area contributed by atoms with Crippen LogP contribution < -0.4 is 4.74 Å². The van der Waals surface area contributed by atoms with Crippen molar-refractivity contribution in [3.63, 3.8) is 0 Å². The molecule has 0 radical (unpaired) electrons. The zero-order valence-corrected chi connectivity index (χ0v) is 10.2. The Kier molecular flexibility index (Phi) is 2.75. The summed E-state index contributed by atoms with van der Waals surface area (Å²) in [5.74, 6) is 1.77. The fraction of sp³-hybridized carbons (Fsp3) is 0.500. The van der Waals surface area contributed by atoms with Crippen LogP contribution in [0.15, 0.2) is 24.2 Å². The van der Waals surface area contributed by atoms with E-state index in [4.69, 9.17) is 4.74 Å². The fourth-order valence-corrected chi connectivity index (χ4v) is 2.82. The number of hydrogen-bond acceptors (Lipinski definition) is 3. The molecule has 2 fully saturated rings. The summed E-state index contributed by atoms with van der Waals surface area (Å²) in [4.78, 5) is 6.72. The number of rotatable bonds is 2. The zero-order valence-electron chi connectivity index (χ0n) is 10.2. The molecule has 0 amide bonds. The summed E-state index contributed by atoms with van der Waals surface area (Å²) in [5, 5.41) is 0. The molecule has 2 aliphatic heterocycles. The van der Waals surface area contributed by atoms with Gasteiger partial charge in [0.1, 0.15) is 5.75 Å². The van der Waals surface area contributed by atoms with Crippen molar-refractivity contribution < 1.29 is 4.74 Å². The number of piperidine rings is 1. The zero-order chi connectivity index (χ0) is 11.7. The van der Waals surface area contributed by atoms with Gasteiger partial charge in [0.2, 0.25) is 0 Å². The number of aromatic nitrogens is 1. The number of nitrogens with zero attached hydrogens (tertiary/aromatic N) is 2. The summed E-state index contributed by atoms with van der Waals surface area (Å²) < 4.78 is 5.20. The first-order valence-corrected chi connectivity index (χ1v) is 6.30. The SMILES string of the molecule is COc1cncc(/C=C2/CCC3CCN2C3)c1. The predicted octanol–water partition coefficient (Wildman–Crippen LogP) is 2.55. The lowest BCUT2D eigenvalue weighted by atomic mass is 9.98. The molecule has 90 valence electrons. The van der Waals surface area contributed by atoms with Crippen molar-refractivity contribution in [2.45, 2.75) is 19.3 Å². The summed E-state index contributed by atoms with van der Waals surface area (Å²) >= 11 is 0. The molecule has 17 heavy (non-hydrogen) atoms. The Bertz CT molecular complexity index is 442. The number of pyridine rings is 1. The van der Waals surface area contributed by atoms with Crippen LogP contribution in [0, 0.1) is 5.92 Å². The van der Waals surface area contributed by atoms with E-state index in [1.807, 2.05) is 12.3 Å². The molecule has 0 saturated carbocycles. The van der Waals surface area contributed by atoms with E-state index in [0.29, 0.717) is 0 Å². The van der Waals surface area contributed by atoms with Gasteiger partial charge in [0.05, 0.1) is 13.3 Å². The lowest BCUT2D eigenvalue weighted by molar-refractivity contribution is 0.338. The molecule has 0 spiro atoms. The monoisotopic (exact) mass is 230 g/mol. The summed E-state index contributed by atoms with van der Waals surface area (Å²) in [5.41, 5.74) is 2.61. The van der Waals surface area contributed by atoms with Gasteiger partial charge in [-0.1, -0.05) is 0 Å². The van der Waals surface area contributed by atoms with E-state index in [2.05, 4.69) is 16.0 Å². The quantitative estimate of drug-likeness (QED) is 0.780. The van der Waals surface area contributed by atoms with E-state index < -0.39 is 0 Å². The lowest BCUT2D eigenvalue weighted by Crippen LogP contribution is -2.24. The third-order valence-electron chi connectivity index (χ3n) is 3.80. The van der Waals surface area contributed by atoms with Crippen LogP contribution in [0.2, 0.25) is 0 Å². The normalized spacial score (nSPS) is 25.4. The van der Waals surface area contributed by atoms with E-state index in [0.717, 1.165) is 17.2 Å². The topological polar surface area (TPSA) is 25.4 Å². The number of allylic oxidation sites excluding steroid dienone is 1. The van der Waals surface area contributed by atoms with Crippen molar-refractivity contribution in [2.75, 3.05) is 20.2 Å². The van der Waals surface area contributed by atoms with Gasteiger partial charge in [-0.15, -0.1) is 0 Å². The molecule has 2 aliphatic rings. The van der Waals surface area contributed by atoms with Crippen LogP contribution in [0.1, 0.15) is 24.8 Å². The molecule has 2 saturated heterocycles. The Hall–Kier alpha value is -1.51. The van der Waals surface area contributed by atoms with Crippen LogP contribution in [0.4, 0.5) is 0 Å². The minimum atomic E-state index is 0.828. The summed E-state index contributed by atoms with van der Waals surface area (Å²) in [7, 11) is 1.68. The van der Waals surface area contributed by atoms with Crippen molar-refractivity contribution in [2.24, 2.45) is 5.92 Å². The highest BCUT2D eigenvalue weighted by molar-refractivity contribution is 5.53. The van der Waals surface area contributed by atoms with Crippen molar-refractivity contribution in [1.29, 1.82) is 0 Å². The average molecular weight is 230 g/mol. The molecular weight excluding hydrogens is 212 g/mol. The number of methoxy groups -OCH3 is 1. The molecule has 1 atom stereocenters. The van der Waals surface area contributed by atoms with Gasteiger partial charge in [-0.05, 0) is 42.9 Å². The molecule has 3 heteroatoms. The Balaban J connectivity index is 1.84. The van der Waals surface area contributed by atoms with Gasteiger partial charge in [0, 0.05) is 25.0 Å². The maximum Gasteiger partial charge on any atom is 0.137 e. The Morgan fingerprint density at radius 2 is 2.35 bits per heavy atom. The Morgan fingerprint density at radius 3 is 3.24 bits per heavy atom. The summed E-state index contributed by atoms with van der Waals surface area (Å²) in [6.07, 6.45) is 9.83. The highest BCUT2D eigenvalue weighted by atomic mass is 16.5. The standard InChI is InChI=1S/C14H18N2O/c1-17-14-7-12(8-15-9-14)6-13-3-2-11-4-5-16(13)10-11/h6-9,11H,2-5,10H2,1H3/b13-6-. The van der Waals surface area contributed by atoms with Gasteiger partial charge < -0.3 is 9.64 Å². The lowest BCUT2D eigenvalue weighted by Gasteiger charge is -2.27. The maximum atomic E-state index is 5.20. The van der Waals surface area contributed by atoms with Crippen LogP contribution >= 0.6 is 0 Å². The van der Waals surface area contributed by atoms with Crippen LogP contribution in [-0.4, -0.2) is 30.1 Å². The van der Waals surface area contributed by atoms with Crippen LogP contribution in [0.5, 0.6) is 5.75 Å². The molecule has 3 rings (SSSR count). The molecule has 1 unspecified atom stereocenters. The van der Waals surface area contributed by atoms with Crippen LogP contribution in [0.25, 0.3) is 6.08 Å². The highest BCUT2D eigenvalue weighted by Gasteiger charge is 2.28. The van der Waals surface area contributed by atoms with Crippen molar-refractivity contribution in [1.82, 2.24) is 9.88 Å². The summed E-state index contributed by atoms with van der Waals surface area (Å²) in [6.45, 7) is 2.48. The molecule has 1 aromatic heterocycles. The van der Waals surface area contributed by atoms with E-state index in [1.165, 1.54) is 38.0 Å². The molecule has 3 heterocycles. The van der Waals surface area contributed by atoms with Crippen LogP contribution in [-0.2, 0) is 0 Å². The predicted molar refractivity (Wildman–Crippen MR) is 67.7 cm³/mol. The highest BCUT2D eigenvalue weighted by Crippen LogP contribution is 2.34. The van der Waals surface area contributed by atoms with E-state index in [1.54, 1.807) is 13.3 Å². The second kappa shape index (κ2) is 4.40. The third-order valence-corrected chi connectivity index (χ3v) is 3.80. The fourth-order valence-electron chi connectivity index (χ4n) is 2.82. The Labute approximate surface area is 102 Å². The van der Waals surface area contributed by atoms with Crippen molar-refractivity contribution in [3.8, 4) is 5.75 Å². The van der Waals surface area contributed by atoms with E-state index in [9.17, 15) is 0 Å². The second-order valence-electron chi connectivity index (χ2n) is 4.93. The van der Waals surface area contributed by atoms with E-state index >= 15 is 0 Å². The van der Waals surface area contributed by atoms with Gasteiger partial charge in [0.25, 0.3) is 0 Å². The van der Waals surface area contributed by atoms with Gasteiger partial charge in [-0.3, -0.25) is 4.98 Å². The van der Waals surface area contributed by atoms with Gasteiger partial charge in [-0.25, -0.2) is 0 Å². The molecular formula is C14H18N2O. The first-order chi connectivity index (χ1) is 8.35. The first-order valence-electron chi connectivity index (χ1n) is 6.30. The minimum absolute atomic E-state index is 0.828. The van der Waals surface area contributed by atoms with Gasteiger partial charge in [-0.2, -0.15) is 0 Å². The van der Waals surface area contributed by atoms with Gasteiger partial charge in [0.15, 0.2) is 0 Å². The van der Waals surface area contributed by atoms with Crippen molar-refractivity contribution in [3.05, 3.63) is 29.7 Å². The number of ether oxygens (including phenoxy) is 1. The molecule has 0 N–H and O–H groups in total. The first kappa shape index (κ1) is 10.6. The third kappa shape index (κ3) is 2.14. The summed E-state index contributed by atoms with van der Waals surface area (Å²) in [6, 6.07) is 2.04. The molecule has 0 aliphatic carbocycles. The van der Waals surface area contributed by atoms with Crippen molar-refractivity contribution >= 4 is 6.08 Å². The molecule has 2 bridgehead atoms. The smallest absolute Gasteiger partial charge is 0.137 e. The van der Waals surface area contributed by atoms with Gasteiger partial charge >= 0.3 is 0 Å². The number of fused-ring (bicyclic) bond motifs is 2. The second-order valence-corrected chi connectivity index (χ2v) is 4.93. The number of hydrogen-bond donors (Lipinski definition) is 0. The average Bonchev–Trinajstić information content (AvgIpc) is 2.76. The molecule has 1 aromatic rings. The molecule has 0 aromatic carbocycles.